The van der Waals surface area contributed by atoms with Gasteiger partial charge < -0.3 is 13.7 Å². The number of fused-ring (bicyclic) bond motifs is 1. The first-order valence-electron chi connectivity index (χ1n) is 10.3. The summed E-state index contributed by atoms with van der Waals surface area (Å²) in [5.74, 6) is -0.129. The first-order chi connectivity index (χ1) is 15.7. The number of ether oxygens (including phenoxy) is 1. The fourth-order valence-electron chi connectivity index (χ4n) is 3.58. The summed E-state index contributed by atoms with van der Waals surface area (Å²) in [4.78, 5) is 26.5. The Morgan fingerprint density at radius 1 is 1.15 bits per heavy atom. The monoisotopic (exact) mass is 472 g/mol. The van der Waals surface area contributed by atoms with E-state index in [0.29, 0.717) is 31.0 Å². The van der Waals surface area contributed by atoms with E-state index in [2.05, 4.69) is 9.26 Å². The number of rotatable bonds is 6. The molecule has 0 unspecified atom stereocenters. The number of amides is 1. The predicted molar refractivity (Wildman–Crippen MR) is 125 cm³/mol. The summed E-state index contributed by atoms with van der Waals surface area (Å²) in [6.45, 7) is 1.82. The van der Waals surface area contributed by atoms with Crippen molar-refractivity contribution in [3.05, 3.63) is 98.8 Å². The minimum absolute atomic E-state index is 0.0903. The van der Waals surface area contributed by atoms with Crippen LogP contribution in [0.4, 0.5) is 4.39 Å². The van der Waals surface area contributed by atoms with Gasteiger partial charge in [0.05, 0.1) is 6.54 Å². The van der Waals surface area contributed by atoms with Gasteiger partial charge in [-0.1, -0.05) is 18.2 Å². The van der Waals surface area contributed by atoms with Crippen molar-refractivity contribution in [2.45, 2.75) is 26.2 Å². The van der Waals surface area contributed by atoms with Crippen molar-refractivity contribution in [3.8, 4) is 5.75 Å². The van der Waals surface area contributed by atoms with Crippen molar-refractivity contribution in [3.63, 3.8) is 0 Å². The number of hydrogen-bond acceptors (Lipinski definition) is 5. The molecule has 1 aliphatic rings. The van der Waals surface area contributed by atoms with Crippen LogP contribution < -0.4 is 10.2 Å². The summed E-state index contributed by atoms with van der Waals surface area (Å²) in [5.41, 5.74) is 2.85. The fraction of sp³-hybridized carbons (Fsp3) is 0.250. The Kier molecular flexibility index (Phi) is 6.55. The van der Waals surface area contributed by atoms with Gasteiger partial charge in [0, 0.05) is 24.7 Å². The standard InChI is InChI=1S/C24H25FN2O5S/c1-33(2,30)26-24(29)17-5-3-16(4-6-17)14-32-23-15-31-21(10-22(23)28)13-27-11-18-7-8-20(25)9-19(18)12-27/h3-10,15,33H,11-14H2,1-2H3,(H,26,29,30). The second-order valence-electron chi connectivity index (χ2n) is 8.36. The molecule has 0 fully saturated rings. The normalized spacial score (nSPS) is 14.1. The van der Waals surface area contributed by atoms with E-state index in [4.69, 9.17) is 9.15 Å². The van der Waals surface area contributed by atoms with Crippen LogP contribution in [0.5, 0.6) is 5.75 Å². The fourth-order valence-corrected chi connectivity index (χ4v) is 4.14. The second kappa shape index (κ2) is 9.38. The second-order valence-corrected chi connectivity index (χ2v) is 11.2. The molecule has 0 radical (unpaired) electrons. The van der Waals surface area contributed by atoms with Gasteiger partial charge in [-0.3, -0.25) is 14.5 Å². The van der Waals surface area contributed by atoms with E-state index in [1.807, 2.05) is 0 Å². The Morgan fingerprint density at radius 2 is 1.88 bits per heavy atom. The number of carbonyl (C=O) groups is 1. The van der Waals surface area contributed by atoms with Crippen LogP contribution in [-0.4, -0.2) is 27.9 Å². The van der Waals surface area contributed by atoms with Crippen molar-refractivity contribution < 1.29 is 22.9 Å². The molecule has 0 atom stereocenters. The third kappa shape index (κ3) is 6.01. The zero-order valence-corrected chi connectivity index (χ0v) is 19.2. The summed E-state index contributed by atoms with van der Waals surface area (Å²) < 4.78 is 38.1. The highest BCUT2D eigenvalue weighted by molar-refractivity contribution is 7.98. The molecular weight excluding hydrogens is 447 g/mol. The zero-order valence-electron chi connectivity index (χ0n) is 18.3. The summed E-state index contributed by atoms with van der Waals surface area (Å²) in [6, 6.07) is 12.8. The van der Waals surface area contributed by atoms with Crippen LogP contribution in [0.1, 0.15) is 32.8 Å². The lowest BCUT2D eigenvalue weighted by molar-refractivity contribution is 0.100. The Balaban J connectivity index is 1.35. The van der Waals surface area contributed by atoms with Gasteiger partial charge >= 0.3 is 0 Å². The molecule has 0 bridgehead atoms. The molecule has 0 saturated heterocycles. The molecule has 3 aromatic rings. The predicted octanol–water partition coefficient (Wildman–Crippen LogP) is 3.82. The number of carbonyl (C=O) groups excluding carboxylic acids is 1. The minimum atomic E-state index is -2.55. The van der Waals surface area contributed by atoms with Crippen LogP contribution in [0.2, 0.25) is 0 Å². The van der Waals surface area contributed by atoms with Crippen molar-refractivity contribution in [1.82, 2.24) is 4.90 Å². The first kappa shape index (κ1) is 23.0. The lowest BCUT2D eigenvalue weighted by atomic mass is 10.1. The first-order valence-corrected chi connectivity index (χ1v) is 12.9. The van der Waals surface area contributed by atoms with Gasteiger partial charge in [-0.15, -0.1) is 10.1 Å². The maximum absolute atomic E-state index is 13.4. The Labute approximate surface area is 191 Å². The molecule has 1 aliphatic heterocycles. The van der Waals surface area contributed by atoms with Crippen LogP contribution in [0.3, 0.4) is 0 Å². The van der Waals surface area contributed by atoms with Gasteiger partial charge in [0.25, 0.3) is 5.91 Å². The molecule has 9 heteroatoms. The smallest absolute Gasteiger partial charge is 0.283 e. The Bertz CT molecular complexity index is 1290. The Morgan fingerprint density at radius 3 is 2.58 bits per heavy atom. The van der Waals surface area contributed by atoms with Crippen molar-refractivity contribution >= 4 is 16.0 Å². The van der Waals surface area contributed by atoms with Gasteiger partial charge in [0.1, 0.15) is 24.4 Å². The largest absolute Gasteiger partial charge is 0.482 e. The third-order valence-corrected chi connectivity index (χ3v) is 5.79. The summed E-state index contributed by atoms with van der Waals surface area (Å²) >= 11 is 0. The number of benzene rings is 2. The third-order valence-electron chi connectivity index (χ3n) is 5.12. The molecule has 2 heterocycles. The van der Waals surface area contributed by atoms with E-state index < -0.39 is 16.0 Å². The SMILES string of the molecule is C[SH](C)(O)=NC(=O)c1ccc(COc2coc(CN3Cc4ccc(F)cc4C3)cc2=O)cc1. The van der Waals surface area contributed by atoms with Crippen molar-refractivity contribution in [1.29, 1.82) is 0 Å². The molecule has 0 saturated carbocycles. The van der Waals surface area contributed by atoms with Crippen LogP contribution in [-0.2, 0) is 36.3 Å². The van der Waals surface area contributed by atoms with Gasteiger partial charge in [0.15, 0.2) is 0 Å². The molecule has 4 rings (SSSR count). The summed E-state index contributed by atoms with van der Waals surface area (Å²) in [6.07, 6.45) is 4.37. The number of hydrogen-bond donors (Lipinski definition) is 2. The maximum atomic E-state index is 13.4. The van der Waals surface area contributed by atoms with E-state index in [1.165, 1.54) is 37.0 Å². The van der Waals surface area contributed by atoms with E-state index in [1.54, 1.807) is 30.3 Å². The molecule has 1 amide bonds. The van der Waals surface area contributed by atoms with E-state index >= 15 is 0 Å². The van der Waals surface area contributed by atoms with E-state index in [9.17, 15) is 18.5 Å². The van der Waals surface area contributed by atoms with Gasteiger partial charge in [0.2, 0.25) is 11.2 Å². The highest BCUT2D eigenvalue weighted by Gasteiger charge is 2.20. The maximum Gasteiger partial charge on any atom is 0.283 e. The van der Waals surface area contributed by atoms with Gasteiger partial charge in [-0.2, -0.15) is 4.36 Å². The average Bonchev–Trinajstić information content (AvgIpc) is 3.13. The van der Waals surface area contributed by atoms with Crippen LogP contribution in [0, 0.1) is 5.82 Å². The number of nitrogens with zero attached hydrogens (tertiary/aromatic N) is 2. The quantitative estimate of drug-likeness (QED) is 0.530. The van der Waals surface area contributed by atoms with Crippen molar-refractivity contribution in [2.24, 2.45) is 4.36 Å². The highest BCUT2D eigenvalue weighted by atomic mass is 32.3. The van der Waals surface area contributed by atoms with Crippen LogP contribution >= 0.6 is 0 Å². The van der Waals surface area contributed by atoms with Crippen molar-refractivity contribution in [2.75, 3.05) is 12.5 Å². The van der Waals surface area contributed by atoms with E-state index in [-0.39, 0.29) is 23.6 Å². The zero-order chi connectivity index (χ0) is 23.6. The molecule has 7 nitrogen and oxygen atoms in total. The summed E-state index contributed by atoms with van der Waals surface area (Å²) in [7, 11) is -2.55. The summed E-state index contributed by atoms with van der Waals surface area (Å²) in [5, 5.41) is 0. The highest BCUT2D eigenvalue weighted by Crippen LogP contribution is 2.25. The molecule has 33 heavy (non-hydrogen) atoms. The van der Waals surface area contributed by atoms with Gasteiger partial charge in [-0.25, -0.2) is 4.39 Å². The van der Waals surface area contributed by atoms with Crippen LogP contribution in [0.25, 0.3) is 0 Å². The van der Waals surface area contributed by atoms with E-state index in [0.717, 1.165) is 16.7 Å². The number of thiol groups is 1. The topological polar surface area (TPSA) is 92.3 Å². The minimum Gasteiger partial charge on any atom is -0.482 e. The number of halogens is 1. The van der Waals surface area contributed by atoms with Gasteiger partial charge in [-0.05, 0) is 53.5 Å². The molecule has 1 N–H and O–H groups in total. The molecule has 0 spiro atoms. The lowest BCUT2D eigenvalue weighted by Gasteiger charge is -2.14. The Hall–Kier alpha value is -3.14. The molecular formula is C24H25FN2O5S. The average molecular weight is 473 g/mol. The lowest BCUT2D eigenvalue weighted by Crippen LogP contribution is -2.17. The molecule has 1 aromatic heterocycles. The molecule has 174 valence electrons. The molecule has 2 aromatic carbocycles. The molecule has 0 aliphatic carbocycles. The van der Waals surface area contributed by atoms with Crippen LogP contribution in [0.15, 0.2) is 68.4 Å².